The number of carbonyl (C=O) groups excluding carboxylic acids is 1. The van der Waals surface area contributed by atoms with Crippen molar-refractivity contribution in [2.75, 3.05) is 0 Å². The Bertz CT molecular complexity index is 1080. The van der Waals surface area contributed by atoms with E-state index >= 15 is 0 Å². The molecule has 1 aromatic carbocycles. The van der Waals surface area contributed by atoms with Gasteiger partial charge in [0.05, 0.1) is 11.4 Å². The number of halogens is 1. The van der Waals surface area contributed by atoms with Crippen molar-refractivity contribution in [2.45, 2.75) is 60.8 Å². The molecule has 0 aliphatic carbocycles. The van der Waals surface area contributed by atoms with Gasteiger partial charge in [-0.15, -0.1) is 0 Å². The van der Waals surface area contributed by atoms with Gasteiger partial charge in [-0.2, -0.15) is 0 Å². The summed E-state index contributed by atoms with van der Waals surface area (Å²) < 4.78 is 14.1. The second-order valence-corrected chi connectivity index (χ2v) is 8.49. The highest BCUT2D eigenvalue weighted by atomic mass is 19.1. The molecule has 4 heteroatoms. The number of nitrogens with one attached hydrogen (secondary N) is 1. The topological polar surface area (TPSA) is 41.5 Å². The van der Waals surface area contributed by atoms with E-state index in [0.29, 0.717) is 5.70 Å². The molecule has 1 rings (SSSR count). The van der Waals surface area contributed by atoms with Crippen LogP contribution in [0.1, 0.15) is 65.2 Å². The van der Waals surface area contributed by atoms with Crippen molar-refractivity contribution < 1.29 is 9.18 Å². The van der Waals surface area contributed by atoms with Crippen LogP contribution in [0.25, 0.3) is 5.57 Å². The first-order valence-electron chi connectivity index (χ1n) is 11.0. The summed E-state index contributed by atoms with van der Waals surface area (Å²) in [6.07, 6.45) is 8.22. The van der Waals surface area contributed by atoms with Gasteiger partial charge in [0.1, 0.15) is 11.6 Å². The van der Waals surface area contributed by atoms with E-state index in [1.165, 1.54) is 6.08 Å². The van der Waals surface area contributed by atoms with Gasteiger partial charge in [-0.25, -0.2) is 4.39 Å². The highest BCUT2D eigenvalue weighted by Gasteiger charge is 2.27. The molecule has 0 atom stereocenters. The van der Waals surface area contributed by atoms with Crippen LogP contribution in [0.5, 0.6) is 0 Å². The Kier molecular flexibility index (Phi) is 10.2. The summed E-state index contributed by atoms with van der Waals surface area (Å²) in [5, 5.41) is 3.11. The molecule has 0 unspecified atom stereocenters. The molecule has 0 fully saturated rings. The largest absolute Gasteiger partial charge is 0.356 e. The van der Waals surface area contributed by atoms with Gasteiger partial charge in [-0.1, -0.05) is 37.4 Å². The minimum atomic E-state index is -0.543. The molecule has 0 aliphatic rings. The molecule has 0 bridgehead atoms. The Balaban J connectivity index is 3.41. The molecule has 0 amide bonds. The van der Waals surface area contributed by atoms with Crippen molar-refractivity contribution in [3.05, 3.63) is 101 Å². The predicted octanol–water partition coefficient (Wildman–Crippen LogP) is 7.68. The van der Waals surface area contributed by atoms with E-state index in [1.807, 2.05) is 72.7 Å². The molecule has 1 N–H and O–H groups in total. The average Bonchev–Trinajstić information content (AvgIpc) is 2.76. The third-order valence-electron chi connectivity index (χ3n) is 5.77. The highest BCUT2D eigenvalue weighted by molar-refractivity contribution is 5.88. The number of rotatable bonds is 10. The molecular formula is C29H37FN2O. The molecular weight excluding hydrogens is 411 g/mol. The second-order valence-electron chi connectivity index (χ2n) is 8.49. The van der Waals surface area contributed by atoms with Crippen molar-refractivity contribution in [1.82, 2.24) is 5.32 Å². The molecule has 3 nitrogen and oxygen atoms in total. The molecule has 1 aromatic rings. The smallest absolute Gasteiger partial charge is 0.146 e. The van der Waals surface area contributed by atoms with E-state index in [4.69, 9.17) is 0 Å². The van der Waals surface area contributed by atoms with Crippen molar-refractivity contribution in [3.63, 3.8) is 0 Å². The number of benzene rings is 1. The molecule has 33 heavy (non-hydrogen) atoms. The minimum absolute atomic E-state index is 0.125. The zero-order chi connectivity index (χ0) is 25.3. The van der Waals surface area contributed by atoms with Gasteiger partial charge < -0.3 is 5.32 Å². The van der Waals surface area contributed by atoms with E-state index in [-0.39, 0.29) is 5.78 Å². The van der Waals surface area contributed by atoms with Gasteiger partial charge in [-0.3, -0.25) is 9.79 Å². The summed E-state index contributed by atoms with van der Waals surface area (Å²) in [6, 6.07) is 6.02. The van der Waals surface area contributed by atoms with Gasteiger partial charge in [0.15, 0.2) is 0 Å². The Labute approximate surface area is 198 Å². The number of ketones is 1. The van der Waals surface area contributed by atoms with Gasteiger partial charge in [-0.05, 0) is 101 Å². The molecule has 0 saturated heterocycles. The number of hydrogen-bond donors (Lipinski definition) is 1. The van der Waals surface area contributed by atoms with E-state index in [1.54, 1.807) is 25.3 Å². The zero-order valence-corrected chi connectivity index (χ0v) is 21.3. The SMILES string of the molecule is C=C/C(F)=C(\C=C/C)N/C(C)=C(C)/C(=C\C(=C)c1ccc(C(C)(C)C(C)=O)c(C)c1)N=CC. The second kappa shape index (κ2) is 12.1. The van der Waals surface area contributed by atoms with Crippen molar-refractivity contribution in [3.8, 4) is 0 Å². The zero-order valence-electron chi connectivity index (χ0n) is 21.3. The summed E-state index contributed by atoms with van der Waals surface area (Å²) >= 11 is 0. The van der Waals surface area contributed by atoms with Gasteiger partial charge in [0.2, 0.25) is 0 Å². The van der Waals surface area contributed by atoms with Gasteiger partial charge >= 0.3 is 0 Å². The van der Waals surface area contributed by atoms with Crippen LogP contribution in [0.3, 0.4) is 0 Å². The number of Topliss-reactive ketones (excluding diaryl/α,β-unsaturated/α-hetero) is 1. The number of aliphatic imine (C=N–C) groups is 1. The number of allylic oxidation sites excluding steroid dienone is 8. The quantitative estimate of drug-likeness (QED) is 0.295. The average molecular weight is 449 g/mol. The van der Waals surface area contributed by atoms with E-state index in [0.717, 1.165) is 39.2 Å². The predicted molar refractivity (Wildman–Crippen MR) is 141 cm³/mol. The van der Waals surface area contributed by atoms with Crippen LogP contribution in [0.2, 0.25) is 0 Å². The minimum Gasteiger partial charge on any atom is -0.356 e. The molecule has 0 aliphatic heterocycles. The first kappa shape index (κ1) is 27.8. The molecule has 0 radical (unpaired) electrons. The molecule has 0 heterocycles. The maximum atomic E-state index is 14.1. The number of aryl methyl sites for hydroxylation is 1. The summed E-state index contributed by atoms with van der Waals surface area (Å²) in [5.41, 5.74) is 5.92. The fourth-order valence-electron chi connectivity index (χ4n) is 3.33. The molecule has 0 saturated carbocycles. The van der Waals surface area contributed by atoms with Gasteiger partial charge in [0, 0.05) is 17.3 Å². The normalized spacial score (nSPS) is 14.3. The maximum Gasteiger partial charge on any atom is 0.146 e. The number of hydrogen-bond acceptors (Lipinski definition) is 3. The fourth-order valence-corrected chi connectivity index (χ4v) is 3.33. The van der Waals surface area contributed by atoms with Crippen LogP contribution in [-0.4, -0.2) is 12.0 Å². The van der Waals surface area contributed by atoms with Crippen molar-refractivity contribution >= 4 is 17.6 Å². The number of nitrogens with zero attached hydrogens (tertiary/aromatic N) is 1. The van der Waals surface area contributed by atoms with Crippen molar-refractivity contribution in [2.24, 2.45) is 4.99 Å². The first-order valence-corrected chi connectivity index (χ1v) is 11.0. The fraction of sp³-hybridized carbons (Fsp3) is 0.310. The lowest BCUT2D eigenvalue weighted by molar-refractivity contribution is -0.121. The van der Waals surface area contributed by atoms with Crippen LogP contribution >= 0.6 is 0 Å². The molecule has 0 spiro atoms. The monoisotopic (exact) mass is 448 g/mol. The summed E-state index contributed by atoms with van der Waals surface area (Å²) in [4.78, 5) is 16.6. The lowest BCUT2D eigenvalue weighted by Gasteiger charge is -2.24. The maximum absolute atomic E-state index is 14.1. The first-order chi connectivity index (χ1) is 15.4. The van der Waals surface area contributed by atoms with Crippen LogP contribution < -0.4 is 5.32 Å². The van der Waals surface area contributed by atoms with Crippen LogP contribution in [-0.2, 0) is 10.2 Å². The lowest BCUT2D eigenvalue weighted by Crippen LogP contribution is -2.27. The Morgan fingerprint density at radius 1 is 1.18 bits per heavy atom. The standard InChI is InChI=1S/C29H37FN2O/c1-11-14-27(26(30)12-2)32-22(7)21(6)28(31-13-3)18-19(4)24-15-16-25(20(5)17-24)29(9,10)23(8)33/h11-18,32H,2,4H2,1,3,5-10H3/b14-11-,22-21+,27-26-,28-18+,31-13?. The highest BCUT2D eigenvalue weighted by Crippen LogP contribution is 2.30. The van der Waals surface area contributed by atoms with Gasteiger partial charge in [0.25, 0.3) is 0 Å². The van der Waals surface area contributed by atoms with Crippen LogP contribution in [0.4, 0.5) is 4.39 Å². The Morgan fingerprint density at radius 3 is 2.30 bits per heavy atom. The molecule has 176 valence electrons. The third-order valence-corrected chi connectivity index (χ3v) is 5.77. The van der Waals surface area contributed by atoms with Crippen LogP contribution in [0.15, 0.2) is 89.1 Å². The van der Waals surface area contributed by atoms with E-state index < -0.39 is 11.2 Å². The number of carbonyl (C=O) groups is 1. The Morgan fingerprint density at radius 2 is 1.82 bits per heavy atom. The Hall–Kier alpha value is -3.27. The van der Waals surface area contributed by atoms with E-state index in [9.17, 15) is 9.18 Å². The summed E-state index contributed by atoms with van der Waals surface area (Å²) in [5.74, 6) is -0.308. The van der Waals surface area contributed by atoms with E-state index in [2.05, 4.69) is 23.5 Å². The molecule has 0 aromatic heterocycles. The third kappa shape index (κ3) is 7.11. The lowest BCUT2D eigenvalue weighted by atomic mass is 9.78. The summed E-state index contributed by atoms with van der Waals surface area (Å²) in [7, 11) is 0. The summed E-state index contributed by atoms with van der Waals surface area (Å²) in [6.45, 7) is 22.7. The van der Waals surface area contributed by atoms with Crippen molar-refractivity contribution in [1.29, 1.82) is 0 Å². The van der Waals surface area contributed by atoms with Crippen LogP contribution in [0, 0.1) is 6.92 Å².